The molecule has 0 fully saturated rings. The third kappa shape index (κ3) is 6.70. The van der Waals surface area contributed by atoms with E-state index in [2.05, 4.69) is 21.2 Å². The maximum absolute atomic E-state index is 12.6. The Kier molecular flexibility index (Phi) is 8.43. The first-order valence-corrected chi connectivity index (χ1v) is 11.1. The zero-order chi connectivity index (χ0) is 24.5. The topological polar surface area (TPSA) is 109 Å². The molecule has 0 aliphatic carbocycles. The molecule has 1 amide bonds. The average molecular weight is 521 g/mol. The number of nitrogens with zero attached hydrogens (tertiary/aromatic N) is 1. The summed E-state index contributed by atoms with van der Waals surface area (Å²) < 4.78 is 11.9. The fraction of sp³-hybridized carbons (Fsp3) is 0.115. The van der Waals surface area contributed by atoms with Crippen molar-refractivity contribution in [1.29, 1.82) is 5.26 Å². The highest BCUT2D eigenvalue weighted by molar-refractivity contribution is 9.10. The predicted octanol–water partition coefficient (Wildman–Crippen LogP) is 5.67. The molecule has 0 spiro atoms. The normalized spacial score (nSPS) is 10.8. The van der Waals surface area contributed by atoms with Gasteiger partial charge in [0.05, 0.1) is 16.6 Å². The standard InChI is InChI=1S/C26H21BrN2O5/c1-2-33-22-5-3-4-21(14-22)29-25(30)20(15-28)12-18-8-11-24(23(27)13-18)34-16-17-6-9-19(10-7-17)26(31)32/h3-14H,2,16H2,1H3,(H,29,30)(H,31,32). The number of rotatable bonds is 9. The molecular weight excluding hydrogens is 500 g/mol. The molecule has 7 nitrogen and oxygen atoms in total. The summed E-state index contributed by atoms with van der Waals surface area (Å²) in [6.45, 7) is 2.63. The van der Waals surface area contributed by atoms with E-state index in [1.165, 1.54) is 18.2 Å². The van der Waals surface area contributed by atoms with Crippen molar-refractivity contribution in [2.45, 2.75) is 13.5 Å². The summed E-state index contributed by atoms with van der Waals surface area (Å²) in [5.41, 5.74) is 2.14. The first-order chi connectivity index (χ1) is 16.4. The number of benzene rings is 3. The first kappa shape index (κ1) is 24.6. The molecule has 0 atom stereocenters. The summed E-state index contributed by atoms with van der Waals surface area (Å²) in [4.78, 5) is 23.5. The van der Waals surface area contributed by atoms with Gasteiger partial charge in [-0.3, -0.25) is 4.79 Å². The molecule has 0 aromatic heterocycles. The molecule has 0 saturated heterocycles. The van der Waals surface area contributed by atoms with Gasteiger partial charge in [-0.15, -0.1) is 0 Å². The van der Waals surface area contributed by atoms with Crippen LogP contribution in [0.4, 0.5) is 5.69 Å². The second-order valence-electron chi connectivity index (χ2n) is 7.07. The minimum atomic E-state index is -0.983. The third-order valence-electron chi connectivity index (χ3n) is 4.63. The second kappa shape index (κ2) is 11.7. The summed E-state index contributed by atoms with van der Waals surface area (Å²) in [5, 5.41) is 21.2. The van der Waals surface area contributed by atoms with Crippen molar-refractivity contribution in [3.05, 3.63) is 93.5 Å². The van der Waals surface area contributed by atoms with Gasteiger partial charge in [0, 0.05) is 11.8 Å². The maximum atomic E-state index is 12.6. The summed E-state index contributed by atoms with van der Waals surface area (Å²) in [7, 11) is 0. The lowest BCUT2D eigenvalue weighted by Gasteiger charge is -2.10. The Morgan fingerprint density at radius 3 is 2.50 bits per heavy atom. The Morgan fingerprint density at radius 1 is 1.09 bits per heavy atom. The van der Waals surface area contributed by atoms with E-state index in [0.29, 0.717) is 33.8 Å². The fourth-order valence-corrected chi connectivity index (χ4v) is 3.48. The van der Waals surface area contributed by atoms with Crippen LogP contribution >= 0.6 is 15.9 Å². The van der Waals surface area contributed by atoms with Gasteiger partial charge in [0.1, 0.15) is 29.7 Å². The number of halogens is 1. The molecule has 3 rings (SSSR count). The molecule has 2 N–H and O–H groups in total. The number of carboxylic acids is 1. The number of carbonyl (C=O) groups excluding carboxylic acids is 1. The van der Waals surface area contributed by atoms with Gasteiger partial charge in [-0.1, -0.05) is 24.3 Å². The number of carboxylic acid groups (broad SMARTS) is 1. The van der Waals surface area contributed by atoms with Gasteiger partial charge < -0.3 is 19.9 Å². The summed E-state index contributed by atoms with van der Waals surface area (Å²) >= 11 is 3.45. The van der Waals surface area contributed by atoms with Crippen LogP contribution in [0.5, 0.6) is 11.5 Å². The number of nitrogens with one attached hydrogen (secondary N) is 1. The number of aromatic carboxylic acids is 1. The van der Waals surface area contributed by atoms with Crippen LogP contribution in [0.15, 0.2) is 76.8 Å². The van der Waals surface area contributed by atoms with Gasteiger partial charge in [0.15, 0.2) is 0 Å². The molecule has 3 aromatic carbocycles. The minimum absolute atomic E-state index is 0.0547. The average Bonchev–Trinajstić information content (AvgIpc) is 2.82. The molecule has 0 saturated carbocycles. The fourth-order valence-electron chi connectivity index (χ4n) is 2.97. The van der Waals surface area contributed by atoms with Crippen molar-refractivity contribution >= 4 is 39.6 Å². The van der Waals surface area contributed by atoms with Crippen LogP contribution < -0.4 is 14.8 Å². The van der Waals surface area contributed by atoms with E-state index in [-0.39, 0.29) is 17.7 Å². The van der Waals surface area contributed by atoms with Crippen molar-refractivity contribution in [2.75, 3.05) is 11.9 Å². The Hall–Kier alpha value is -4.09. The molecule has 0 aliphatic rings. The second-order valence-corrected chi connectivity index (χ2v) is 7.92. The summed E-state index contributed by atoms with van der Waals surface area (Å²) in [6.07, 6.45) is 1.49. The van der Waals surface area contributed by atoms with Gasteiger partial charge in [0.2, 0.25) is 0 Å². The Labute approximate surface area is 205 Å². The highest BCUT2D eigenvalue weighted by Crippen LogP contribution is 2.28. The van der Waals surface area contributed by atoms with Crippen molar-refractivity contribution in [3.8, 4) is 17.6 Å². The van der Waals surface area contributed by atoms with E-state index in [0.717, 1.165) is 5.56 Å². The van der Waals surface area contributed by atoms with Crippen molar-refractivity contribution < 1.29 is 24.2 Å². The van der Waals surface area contributed by atoms with Gasteiger partial charge >= 0.3 is 5.97 Å². The monoisotopic (exact) mass is 520 g/mol. The van der Waals surface area contributed by atoms with Gasteiger partial charge in [0.25, 0.3) is 5.91 Å². The highest BCUT2D eigenvalue weighted by Gasteiger charge is 2.11. The lowest BCUT2D eigenvalue weighted by molar-refractivity contribution is -0.112. The molecular formula is C26H21BrN2O5. The largest absolute Gasteiger partial charge is 0.494 e. The van der Waals surface area contributed by atoms with Crippen molar-refractivity contribution in [1.82, 2.24) is 0 Å². The van der Waals surface area contributed by atoms with E-state index >= 15 is 0 Å². The van der Waals surface area contributed by atoms with Crippen molar-refractivity contribution in [3.63, 3.8) is 0 Å². The number of amides is 1. The maximum Gasteiger partial charge on any atom is 0.335 e. The van der Waals surface area contributed by atoms with Crippen LogP contribution in [-0.4, -0.2) is 23.6 Å². The molecule has 8 heteroatoms. The van der Waals surface area contributed by atoms with Crippen LogP contribution in [0, 0.1) is 11.3 Å². The quantitative estimate of drug-likeness (QED) is 0.278. The number of nitriles is 1. The molecule has 34 heavy (non-hydrogen) atoms. The van der Waals surface area contributed by atoms with Crippen molar-refractivity contribution in [2.24, 2.45) is 0 Å². The van der Waals surface area contributed by atoms with E-state index in [9.17, 15) is 14.9 Å². The molecule has 0 radical (unpaired) electrons. The summed E-state index contributed by atoms with van der Waals surface area (Å²) in [6, 6.07) is 20.5. The molecule has 172 valence electrons. The number of ether oxygens (including phenoxy) is 2. The highest BCUT2D eigenvalue weighted by atomic mass is 79.9. The minimum Gasteiger partial charge on any atom is -0.494 e. The molecule has 0 aliphatic heterocycles. The van der Waals surface area contributed by atoms with Crippen LogP contribution in [0.2, 0.25) is 0 Å². The Balaban J connectivity index is 1.67. The molecule has 0 bridgehead atoms. The summed E-state index contributed by atoms with van der Waals surface area (Å²) in [5.74, 6) is -0.323. The lowest BCUT2D eigenvalue weighted by atomic mass is 10.1. The molecule has 3 aromatic rings. The molecule has 0 heterocycles. The molecule has 0 unspecified atom stereocenters. The van der Waals surface area contributed by atoms with Gasteiger partial charge in [-0.2, -0.15) is 5.26 Å². The zero-order valence-corrected chi connectivity index (χ0v) is 19.8. The first-order valence-electron chi connectivity index (χ1n) is 10.3. The number of anilines is 1. The van der Waals surface area contributed by atoms with Crippen LogP contribution in [0.25, 0.3) is 6.08 Å². The lowest BCUT2D eigenvalue weighted by Crippen LogP contribution is -2.13. The van der Waals surface area contributed by atoms with Gasteiger partial charge in [-0.25, -0.2) is 4.79 Å². The number of hydrogen-bond acceptors (Lipinski definition) is 5. The third-order valence-corrected chi connectivity index (χ3v) is 5.25. The van der Waals surface area contributed by atoms with E-state index in [1.54, 1.807) is 54.6 Å². The number of carbonyl (C=O) groups is 2. The predicted molar refractivity (Wildman–Crippen MR) is 132 cm³/mol. The van der Waals surface area contributed by atoms with Crippen LogP contribution in [0.1, 0.15) is 28.4 Å². The van der Waals surface area contributed by atoms with E-state index < -0.39 is 11.9 Å². The Morgan fingerprint density at radius 2 is 1.85 bits per heavy atom. The zero-order valence-electron chi connectivity index (χ0n) is 18.2. The van der Waals surface area contributed by atoms with E-state index in [4.69, 9.17) is 14.6 Å². The smallest absolute Gasteiger partial charge is 0.335 e. The van der Waals surface area contributed by atoms with Gasteiger partial charge in [-0.05, 0) is 76.5 Å². The number of hydrogen-bond donors (Lipinski definition) is 2. The SMILES string of the molecule is CCOc1cccc(NC(=O)C(C#N)=Cc2ccc(OCc3ccc(C(=O)O)cc3)c(Br)c2)c1. The van der Waals surface area contributed by atoms with Crippen LogP contribution in [0.3, 0.4) is 0 Å². The Bertz CT molecular complexity index is 1260. The van der Waals surface area contributed by atoms with Crippen LogP contribution in [-0.2, 0) is 11.4 Å². The van der Waals surface area contributed by atoms with E-state index in [1.807, 2.05) is 13.0 Å².